The fourth-order valence-electron chi connectivity index (χ4n) is 3.31. The number of amides is 2. The average molecular weight is 408 g/mol. The van der Waals surface area contributed by atoms with Crippen LogP contribution in [0.5, 0.6) is 0 Å². The fraction of sp³-hybridized carbons (Fsp3) is 0.0435. The first-order chi connectivity index (χ1) is 13.6. The first-order valence-corrected chi connectivity index (χ1v) is 9.47. The van der Waals surface area contributed by atoms with Crippen LogP contribution in [0.15, 0.2) is 78.9 Å². The van der Waals surface area contributed by atoms with Crippen LogP contribution in [0, 0.1) is 0 Å². The molecule has 0 saturated carbocycles. The Kier molecular flexibility index (Phi) is 5.03. The summed E-state index contributed by atoms with van der Waals surface area (Å²) in [7, 11) is 0. The van der Waals surface area contributed by atoms with Crippen LogP contribution >= 0.6 is 23.2 Å². The summed E-state index contributed by atoms with van der Waals surface area (Å²) in [6.45, 7) is 0.0593. The molecule has 28 heavy (non-hydrogen) atoms. The standard InChI is InChI=1S/C23H15Cl2NO2/c24-18-13-7-12-17(21(18)25)14-26-22(27)19(15-8-3-1-4-9-15)20(23(26)28)16-10-5-2-6-11-16/h1-13H,14H2. The second-order valence-electron chi connectivity index (χ2n) is 6.39. The lowest BCUT2D eigenvalue weighted by molar-refractivity contribution is -0.136. The minimum Gasteiger partial charge on any atom is -0.270 e. The Bertz CT molecular complexity index is 1030. The van der Waals surface area contributed by atoms with Crippen LogP contribution in [-0.2, 0) is 16.1 Å². The van der Waals surface area contributed by atoms with E-state index in [2.05, 4.69) is 0 Å². The van der Waals surface area contributed by atoms with Crippen molar-refractivity contribution in [1.29, 1.82) is 0 Å². The normalized spacial score (nSPS) is 14.1. The van der Waals surface area contributed by atoms with Gasteiger partial charge in [-0.3, -0.25) is 14.5 Å². The molecule has 3 nitrogen and oxygen atoms in total. The van der Waals surface area contributed by atoms with Crippen molar-refractivity contribution in [3.05, 3.63) is 106 Å². The maximum Gasteiger partial charge on any atom is 0.262 e. The summed E-state index contributed by atoms with van der Waals surface area (Å²) in [5.41, 5.74) is 2.83. The molecule has 0 aromatic heterocycles. The van der Waals surface area contributed by atoms with Crippen LogP contribution in [0.4, 0.5) is 0 Å². The van der Waals surface area contributed by atoms with Gasteiger partial charge in [-0.1, -0.05) is 96.0 Å². The van der Waals surface area contributed by atoms with Gasteiger partial charge in [0, 0.05) is 0 Å². The van der Waals surface area contributed by atoms with Gasteiger partial charge in [0.05, 0.1) is 27.7 Å². The van der Waals surface area contributed by atoms with Crippen molar-refractivity contribution in [2.75, 3.05) is 0 Å². The molecule has 0 radical (unpaired) electrons. The Hall–Kier alpha value is -2.88. The Morgan fingerprint density at radius 1 is 0.643 bits per heavy atom. The Morgan fingerprint density at radius 3 is 1.64 bits per heavy atom. The number of halogens is 2. The minimum atomic E-state index is -0.342. The number of hydrogen-bond donors (Lipinski definition) is 0. The van der Waals surface area contributed by atoms with E-state index in [4.69, 9.17) is 23.2 Å². The van der Waals surface area contributed by atoms with Gasteiger partial charge in [-0.15, -0.1) is 0 Å². The molecular formula is C23H15Cl2NO2. The van der Waals surface area contributed by atoms with Gasteiger partial charge >= 0.3 is 0 Å². The van der Waals surface area contributed by atoms with E-state index in [1.165, 1.54) is 4.90 Å². The summed E-state index contributed by atoms with van der Waals surface area (Å²) in [5.74, 6) is -0.683. The van der Waals surface area contributed by atoms with Crippen molar-refractivity contribution in [3.8, 4) is 0 Å². The number of carbonyl (C=O) groups is 2. The van der Waals surface area contributed by atoms with Crippen molar-refractivity contribution < 1.29 is 9.59 Å². The van der Waals surface area contributed by atoms with E-state index in [-0.39, 0.29) is 18.4 Å². The van der Waals surface area contributed by atoms with Crippen molar-refractivity contribution in [2.45, 2.75) is 6.54 Å². The molecule has 0 spiro atoms. The van der Waals surface area contributed by atoms with Gasteiger partial charge in [0.15, 0.2) is 0 Å². The smallest absolute Gasteiger partial charge is 0.262 e. The predicted molar refractivity (Wildman–Crippen MR) is 112 cm³/mol. The number of rotatable bonds is 4. The van der Waals surface area contributed by atoms with Crippen molar-refractivity contribution >= 4 is 46.2 Å². The third kappa shape index (κ3) is 3.24. The van der Waals surface area contributed by atoms with Gasteiger partial charge < -0.3 is 0 Å². The topological polar surface area (TPSA) is 37.4 Å². The van der Waals surface area contributed by atoms with E-state index in [1.54, 1.807) is 18.2 Å². The Morgan fingerprint density at radius 2 is 1.14 bits per heavy atom. The molecule has 0 fully saturated rings. The highest BCUT2D eigenvalue weighted by molar-refractivity contribution is 6.49. The van der Waals surface area contributed by atoms with Gasteiger partial charge in [0.2, 0.25) is 0 Å². The van der Waals surface area contributed by atoms with Crippen LogP contribution in [0.2, 0.25) is 10.0 Å². The Labute approximate surface area is 172 Å². The zero-order valence-corrected chi connectivity index (χ0v) is 16.2. The summed E-state index contributed by atoms with van der Waals surface area (Å²) in [5, 5.41) is 0.733. The molecule has 1 aliphatic rings. The molecular weight excluding hydrogens is 393 g/mol. The molecule has 5 heteroatoms. The molecule has 1 heterocycles. The second kappa shape index (κ2) is 7.63. The fourth-order valence-corrected chi connectivity index (χ4v) is 3.69. The SMILES string of the molecule is O=C1C(c2ccccc2)=C(c2ccccc2)C(=O)N1Cc1cccc(Cl)c1Cl. The van der Waals surface area contributed by atoms with Gasteiger partial charge in [-0.25, -0.2) is 0 Å². The van der Waals surface area contributed by atoms with E-state index < -0.39 is 0 Å². The summed E-state index contributed by atoms with van der Waals surface area (Å²) in [6, 6.07) is 23.6. The molecule has 0 unspecified atom stereocenters. The highest BCUT2D eigenvalue weighted by Crippen LogP contribution is 2.37. The zero-order chi connectivity index (χ0) is 19.7. The summed E-state index contributed by atoms with van der Waals surface area (Å²) in [6.07, 6.45) is 0. The first-order valence-electron chi connectivity index (χ1n) is 8.72. The van der Waals surface area contributed by atoms with Crippen LogP contribution in [0.1, 0.15) is 16.7 Å². The van der Waals surface area contributed by atoms with Crippen LogP contribution < -0.4 is 0 Å². The second-order valence-corrected chi connectivity index (χ2v) is 7.18. The van der Waals surface area contributed by atoms with Crippen molar-refractivity contribution in [3.63, 3.8) is 0 Å². The molecule has 0 saturated heterocycles. The molecule has 0 N–H and O–H groups in total. The molecule has 4 rings (SSSR count). The number of imide groups is 1. The van der Waals surface area contributed by atoms with Gasteiger partial charge in [-0.05, 0) is 22.8 Å². The number of carbonyl (C=O) groups excluding carboxylic acids is 2. The molecule has 0 atom stereocenters. The third-order valence-corrected chi connectivity index (χ3v) is 5.51. The average Bonchev–Trinajstić information content (AvgIpc) is 2.97. The largest absolute Gasteiger partial charge is 0.270 e. The lowest BCUT2D eigenvalue weighted by atomic mass is 9.96. The monoisotopic (exact) mass is 407 g/mol. The van der Waals surface area contributed by atoms with Gasteiger partial charge in [-0.2, -0.15) is 0 Å². The number of hydrogen-bond acceptors (Lipinski definition) is 2. The molecule has 3 aromatic carbocycles. The number of benzene rings is 3. The van der Waals surface area contributed by atoms with E-state index in [1.807, 2.05) is 60.7 Å². The molecule has 2 amide bonds. The number of nitrogens with zero attached hydrogens (tertiary/aromatic N) is 1. The van der Waals surface area contributed by atoms with Gasteiger partial charge in [0.25, 0.3) is 11.8 Å². The summed E-state index contributed by atoms with van der Waals surface area (Å²) in [4.78, 5) is 27.8. The summed E-state index contributed by atoms with van der Waals surface area (Å²) >= 11 is 12.4. The first kappa shape index (κ1) is 18.5. The minimum absolute atomic E-state index is 0.0593. The van der Waals surface area contributed by atoms with Crippen molar-refractivity contribution in [1.82, 2.24) is 4.90 Å². The van der Waals surface area contributed by atoms with E-state index in [0.29, 0.717) is 37.9 Å². The zero-order valence-electron chi connectivity index (χ0n) is 14.7. The lowest BCUT2D eigenvalue weighted by Crippen LogP contribution is -2.31. The third-order valence-electron chi connectivity index (χ3n) is 4.65. The lowest BCUT2D eigenvalue weighted by Gasteiger charge is -2.16. The molecule has 138 valence electrons. The Balaban J connectivity index is 1.81. The highest BCUT2D eigenvalue weighted by atomic mass is 35.5. The quantitative estimate of drug-likeness (QED) is 0.537. The van der Waals surface area contributed by atoms with Crippen LogP contribution in [0.25, 0.3) is 11.1 Å². The van der Waals surface area contributed by atoms with E-state index in [0.717, 1.165) is 0 Å². The summed E-state index contributed by atoms with van der Waals surface area (Å²) < 4.78 is 0. The van der Waals surface area contributed by atoms with E-state index in [9.17, 15) is 9.59 Å². The van der Waals surface area contributed by atoms with Crippen molar-refractivity contribution in [2.24, 2.45) is 0 Å². The molecule has 1 aliphatic heterocycles. The van der Waals surface area contributed by atoms with Gasteiger partial charge in [0.1, 0.15) is 0 Å². The highest BCUT2D eigenvalue weighted by Gasteiger charge is 2.39. The molecule has 0 bridgehead atoms. The predicted octanol–water partition coefficient (Wildman–Crippen LogP) is 5.47. The molecule has 0 aliphatic carbocycles. The van der Waals surface area contributed by atoms with Crippen LogP contribution in [-0.4, -0.2) is 16.7 Å². The maximum atomic E-state index is 13.3. The van der Waals surface area contributed by atoms with E-state index >= 15 is 0 Å². The molecule has 3 aromatic rings. The maximum absolute atomic E-state index is 13.3. The van der Waals surface area contributed by atoms with Crippen LogP contribution in [0.3, 0.4) is 0 Å².